The molecule has 1 aliphatic carbocycles. The highest BCUT2D eigenvalue weighted by Gasteiger charge is 2.26. The molecule has 0 atom stereocenters. The number of nitrogens with zero attached hydrogens (tertiary/aromatic N) is 1. The van der Waals surface area contributed by atoms with Gasteiger partial charge in [-0.15, -0.1) is 0 Å². The summed E-state index contributed by atoms with van der Waals surface area (Å²) in [4.78, 5) is 37.6. The van der Waals surface area contributed by atoms with Gasteiger partial charge in [-0.1, -0.05) is 48.7 Å². The highest BCUT2D eigenvalue weighted by atomic mass is 35.5. The molecule has 0 radical (unpaired) electrons. The largest absolute Gasteiger partial charge is 0.480 e. The molecular formula is C19H24ClNO4S. The summed E-state index contributed by atoms with van der Waals surface area (Å²) in [5.41, 5.74) is 1.94. The van der Waals surface area contributed by atoms with Crippen LogP contribution in [0.4, 0.5) is 5.69 Å². The molecule has 1 N–H and O–H groups in total. The minimum atomic E-state index is -1.11. The Morgan fingerprint density at radius 2 is 1.85 bits per heavy atom. The summed E-state index contributed by atoms with van der Waals surface area (Å²) in [5.74, 6) is -1.55. The molecule has 7 heteroatoms. The Balaban J connectivity index is 2.14. The summed E-state index contributed by atoms with van der Waals surface area (Å²) in [5, 5.41) is 9.73. The number of carboxylic acid groups (broad SMARTS) is 1. The number of benzene rings is 1. The van der Waals surface area contributed by atoms with E-state index in [9.17, 15) is 19.5 Å². The van der Waals surface area contributed by atoms with Crippen molar-refractivity contribution < 1.29 is 19.5 Å². The van der Waals surface area contributed by atoms with E-state index in [2.05, 4.69) is 0 Å². The van der Waals surface area contributed by atoms with E-state index in [4.69, 9.17) is 11.6 Å². The van der Waals surface area contributed by atoms with E-state index in [-0.39, 0.29) is 16.8 Å². The van der Waals surface area contributed by atoms with Gasteiger partial charge < -0.3 is 5.11 Å². The molecule has 1 saturated carbocycles. The van der Waals surface area contributed by atoms with Crippen molar-refractivity contribution in [3.05, 3.63) is 28.3 Å². The number of anilines is 1. The van der Waals surface area contributed by atoms with Crippen molar-refractivity contribution >= 4 is 46.0 Å². The van der Waals surface area contributed by atoms with E-state index in [1.807, 2.05) is 0 Å². The van der Waals surface area contributed by atoms with Gasteiger partial charge in [0.05, 0.1) is 11.4 Å². The van der Waals surface area contributed by atoms with Crippen molar-refractivity contribution in [2.24, 2.45) is 5.92 Å². The maximum absolute atomic E-state index is 12.7. The first-order valence-electron chi connectivity index (χ1n) is 8.75. The number of hydrogen-bond acceptors (Lipinski definition) is 4. The first-order valence-corrected chi connectivity index (χ1v) is 10.1. The predicted molar refractivity (Wildman–Crippen MR) is 105 cm³/mol. The van der Waals surface area contributed by atoms with Crippen LogP contribution in [0.1, 0.15) is 43.2 Å². The molecule has 1 aliphatic rings. The van der Waals surface area contributed by atoms with Crippen LogP contribution in [0.25, 0.3) is 0 Å². The molecule has 0 unspecified atom stereocenters. The lowest BCUT2D eigenvalue weighted by atomic mass is 9.90. The van der Waals surface area contributed by atoms with E-state index in [0.717, 1.165) is 49.4 Å². The second-order valence-electron chi connectivity index (χ2n) is 6.65. The highest BCUT2D eigenvalue weighted by molar-refractivity contribution is 8.14. The zero-order valence-corrected chi connectivity index (χ0v) is 16.7. The Morgan fingerprint density at radius 3 is 2.46 bits per heavy atom. The molecule has 1 aromatic carbocycles. The fraction of sp³-hybridized carbons (Fsp3) is 0.526. The van der Waals surface area contributed by atoms with Gasteiger partial charge in [0.15, 0.2) is 5.12 Å². The Hall–Kier alpha value is -1.53. The zero-order chi connectivity index (χ0) is 19.3. The van der Waals surface area contributed by atoms with Gasteiger partial charge in [0, 0.05) is 10.9 Å². The van der Waals surface area contributed by atoms with Crippen LogP contribution in [0.2, 0.25) is 5.02 Å². The summed E-state index contributed by atoms with van der Waals surface area (Å²) in [6.45, 7) is 3.10. The fourth-order valence-corrected chi connectivity index (χ4v) is 4.37. The first kappa shape index (κ1) is 20.8. The molecule has 0 saturated heterocycles. The Bertz CT molecular complexity index is 701. The van der Waals surface area contributed by atoms with Gasteiger partial charge in [0.25, 0.3) is 0 Å². The SMILES string of the molecule is Cc1ccc(Cl)c(C)c1N(CC(=O)O)C(=O)CSC(=O)C1CCCCC1. The van der Waals surface area contributed by atoms with Crippen molar-refractivity contribution in [1.82, 2.24) is 0 Å². The van der Waals surface area contributed by atoms with Gasteiger partial charge in [-0.3, -0.25) is 19.3 Å². The number of hydrogen-bond donors (Lipinski definition) is 1. The van der Waals surface area contributed by atoms with Crippen LogP contribution in [0.3, 0.4) is 0 Å². The van der Waals surface area contributed by atoms with Crippen LogP contribution in [0.15, 0.2) is 12.1 Å². The van der Waals surface area contributed by atoms with Gasteiger partial charge in [0.1, 0.15) is 6.54 Å². The van der Waals surface area contributed by atoms with Crippen LogP contribution in [-0.4, -0.2) is 34.4 Å². The molecule has 5 nitrogen and oxygen atoms in total. The zero-order valence-electron chi connectivity index (χ0n) is 15.1. The molecule has 1 fully saturated rings. The van der Waals surface area contributed by atoms with Gasteiger partial charge in [0.2, 0.25) is 5.91 Å². The smallest absolute Gasteiger partial charge is 0.323 e. The highest BCUT2D eigenvalue weighted by Crippen LogP contribution is 2.32. The van der Waals surface area contributed by atoms with Crippen molar-refractivity contribution in [2.45, 2.75) is 46.0 Å². The number of aliphatic carboxylic acids is 1. The van der Waals surface area contributed by atoms with Crippen molar-refractivity contribution in [3.63, 3.8) is 0 Å². The van der Waals surface area contributed by atoms with E-state index in [0.29, 0.717) is 16.3 Å². The molecule has 0 spiro atoms. The van der Waals surface area contributed by atoms with E-state index in [1.54, 1.807) is 26.0 Å². The summed E-state index contributed by atoms with van der Waals surface area (Å²) in [6.07, 6.45) is 5.03. The number of thioether (sulfide) groups is 1. The second kappa shape index (κ2) is 9.42. The molecule has 0 bridgehead atoms. The molecular weight excluding hydrogens is 374 g/mol. The average Bonchev–Trinajstić information content (AvgIpc) is 2.62. The number of carboxylic acids is 1. The number of rotatable bonds is 6. The van der Waals surface area contributed by atoms with Crippen molar-refractivity contribution in [1.29, 1.82) is 0 Å². The maximum Gasteiger partial charge on any atom is 0.323 e. The van der Waals surface area contributed by atoms with Crippen LogP contribution in [-0.2, 0) is 14.4 Å². The monoisotopic (exact) mass is 397 g/mol. The van der Waals surface area contributed by atoms with E-state index in [1.165, 1.54) is 4.90 Å². The molecule has 142 valence electrons. The number of carbonyl (C=O) groups is 3. The predicted octanol–water partition coefficient (Wildman–Crippen LogP) is 4.21. The van der Waals surface area contributed by atoms with Crippen LogP contribution >= 0.6 is 23.4 Å². The third-order valence-corrected chi connectivity index (χ3v) is 6.13. The molecule has 0 heterocycles. The second-order valence-corrected chi connectivity index (χ2v) is 8.04. The molecule has 0 aromatic heterocycles. The maximum atomic E-state index is 12.7. The lowest BCUT2D eigenvalue weighted by Gasteiger charge is -2.25. The molecule has 0 aliphatic heterocycles. The van der Waals surface area contributed by atoms with Crippen molar-refractivity contribution in [3.8, 4) is 0 Å². The summed E-state index contributed by atoms with van der Waals surface area (Å²) in [6, 6.07) is 3.48. The first-order chi connectivity index (χ1) is 12.3. The standard InChI is InChI=1S/C19H24ClNO4S/c1-12-8-9-15(20)13(2)18(12)21(10-17(23)24)16(22)11-26-19(25)14-6-4-3-5-7-14/h8-9,14H,3-7,10-11H2,1-2H3,(H,23,24). The molecule has 1 amide bonds. The van der Waals surface area contributed by atoms with Gasteiger partial charge in [-0.05, 0) is 43.9 Å². The molecule has 2 rings (SSSR count). The van der Waals surface area contributed by atoms with Gasteiger partial charge >= 0.3 is 5.97 Å². The quantitative estimate of drug-likeness (QED) is 0.778. The average molecular weight is 398 g/mol. The third-order valence-electron chi connectivity index (χ3n) is 4.71. The van der Waals surface area contributed by atoms with Crippen LogP contribution in [0, 0.1) is 19.8 Å². The third kappa shape index (κ3) is 5.24. The molecule has 26 heavy (non-hydrogen) atoms. The summed E-state index contributed by atoms with van der Waals surface area (Å²) >= 11 is 7.16. The topological polar surface area (TPSA) is 74.7 Å². The van der Waals surface area contributed by atoms with Gasteiger partial charge in [-0.25, -0.2) is 0 Å². The van der Waals surface area contributed by atoms with Crippen LogP contribution < -0.4 is 4.90 Å². The Labute approximate surface area is 163 Å². The normalized spacial score (nSPS) is 14.9. The summed E-state index contributed by atoms with van der Waals surface area (Å²) in [7, 11) is 0. The minimum Gasteiger partial charge on any atom is -0.480 e. The lowest BCUT2D eigenvalue weighted by Crippen LogP contribution is -2.38. The Morgan fingerprint density at radius 1 is 1.19 bits per heavy atom. The molecule has 1 aromatic rings. The number of aryl methyl sites for hydroxylation is 1. The number of halogens is 1. The Kier molecular flexibility index (Phi) is 7.53. The number of carbonyl (C=O) groups excluding carboxylic acids is 2. The lowest BCUT2D eigenvalue weighted by molar-refractivity contribution is -0.136. The fourth-order valence-electron chi connectivity index (χ4n) is 3.32. The summed E-state index contributed by atoms with van der Waals surface area (Å²) < 4.78 is 0. The van der Waals surface area contributed by atoms with E-state index >= 15 is 0 Å². The van der Waals surface area contributed by atoms with E-state index < -0.39 is 18.4 Å². The van der Waals surface area contributed by atoms with Gasteiger partial charge in [-0.2, -0.15) is 0 Å². The minimum absolute atomic E-state index is 0.0177. The number of amides is 1. The van der Waals surface area contributed by atoms with Crippen molar-refractivity contribution in [2.75, 3.05) is 17.2 Å². The van der Waals surface area contributed by atoms with Crippen LogP contribution in [0.5, 0.6) is 0 Å².